The molecule has 0 radical (unpaired) electrons. The zero-order chi connectivity index (χ0) is 3.58. The molecular formula is H5Mg2O3S-. The fourth-order valence-corrected chi connectivity index (χ4v) is 0. The Morgan fingerprint density at radius 1 is 1.67 bits per heavy atom. The average molecular weight is 134 g/mol. The van der Waals surface area contributed by atoms with Gasteiger partial charge in [0, 0.05) is 0 Å². The minimum absolute atomic E-state index is 0. The Labute approximate surface area is 76.2 Å². The molecule has 0 fully saturated rings. The minimum atomic E-state index is -2.86. The van der Waals surface area contributed by atoms with Crippen molar-refractivity contribution in [3.05, 3.63) is 0 Å². The summed E-state index contributed by atoms with van der Waals surface area (Å²) >= 11 is -2.86. The summed E-state index contributed by atoms with van der Waals surface area (Å²) in [7, 11) is 0. The van der Waals surface area contributed by atoms with Crippen molar-refractivity contribution in [1.82, 2.24) is 0 Å². The van der Waals surface area contributed by atoms with Gasteiger partial charge in [-0.15, -0.1) is 0 Å². The molecule has 3 nitrogen and oxygen atoms in total. The largest absolute Gasteiger partial charge is 2.00 e. The van der Waals surface area contributed by atoms with Gasteiger partial charge < -0.3 is 14.8 Å². The van der Waals surface area contributed by atoms with Gasteiger partial charge in [0.1, 0.15) is 0 Å². The molecule has 6 heteroatoms. The van der Waals surface area contributed by atoms with Crippen LogP contribution >= 0.6 is 0 Å². The van der Waals surface area contributed by atoms with Crippen LogP contribution in [0.15, 0.2) is 0 Å². The summed E-state index contributed by atoms with van der Waals surface area (Å²) in [6.45, 7) is 0. The van der Waals surface area contributed by atoms with Crippen LogP contribution in [-0.4, -0.2) is 59.4 Å². The first-order valence-electron chi connectivity index (χ1n) is 0.516. The third-order valence-electron chi connectivity index (χ3n) is 0. The normalized spacial score (nSPS) is 10.3. The molecule has 0 saturated heterocycles. The molecule has 0 spiro atoms. The van der Waals surface area contributed by atoms with Crippen molar-refractivity contribution in [2.45, 2.75) is 0 Å². The predicted octanol–water partition coefficient (Wildman–Crippen LogP) is -0.973. The van der Waals surface area contributed by atoms with E-state index in [1.54, 1.807) is 0 Å². The third-order valence-corrected chi connectivity index (χ3v) is 0. The maximum atomic E-state index is 8.56. The molecule has 6 heavy (non-hydrogen) atoms. The Kier molecular flexibility index (Phi) is 25.5. The van der Waals surface area contributed by atoms with E-state index >= 15 is 0 Å². The second-order valence-corrected chi connectivity index (χ2v) is 0.651. The van der Waals surface area contributed by atoms with Crippen molar-refractivity contribution in [2.24, 2.45) is 0 Å². The van der Waals surface area contributed by atoms with Gasteiger partial charge in [0.2, 0.25) is 0 Å². The van der Waals surface area contributed by atoms with Crippen LogP contribution in [0.5, 0.6) is 0 Å². The van der Waals surface area contributed by atoms with E-state index in [-0.39, 0.29) is 51.8 Å². The zero-order valence-corrected chi connectivity index (χ0v) is 6.73. The van der Waals surface area contributed by atoms with E-state index in [1.807, 2.05) is 0 Å². The Hall–Kier alpha value is 1.60. The summed E-state index contributed by atoms with van der Waals surface area (Å²) in [4.78, 5) is 0. The van der Waals surface area contributed by atoms with Crippen molar-refractivity contribution < 1.29 is 19.0 Å². The van der Waals surface area contributed by atoms with E-state index < -0.39 is 11.4 Å². The summed E-state index contributed by atoms with van der Waals surface area (Å²) in [6, 6.07) is 0. The van der Waals surface area contributed by atoms with Gasteiger partial charge in [0.05, 0.1) is 11.4 Å². The summed E-state index contributed by atoms with van der Waals surface area (Å²) in [6.07, 6.45) is 0. The molecule has 0 heterocycles. The van der Waals surface area contributed by atoms with Crippen molar-refractivity contribution in [1.29, 1.82) is 0 Å². The Morgan fingerprint density at radius 2 is 1.67 bits per heavy atom. The minimum Gasteiger partial charge on any atom is -1.00 e. The van der Waals surface area contributed by atoms with Gasteiger partial charge in [0.25, 0.3) is 0 Å². The van der Waals surface area contributed by atoms with Crippen LogP contribution in [0.25, 0.3) is 0 Å². The SMILES string of the molecule is O=S([O-])O.[H-].[H-].[H-].[H-].[Mg+2].[Mg+2]. The van der Waals surface area contributed by atoms with Crippen LogP contribution in [0.3, 0.4) is 0 Å². The molecule has 0 aromatic rings. The second kappa shape index (κ2) is 9.78. The van der Waals surface area contributed by atoms with Crippen LogP contribution in [-0.2, 0) is 11.4 Å². The number of rotatable bonds is 0. The number of hydrogen-bond acceptors (Lipinski definition) is 2. The van der Waals surface area contributed by atoms with E-state index in [4.69, 9.17) is 13.3 Å². The van der Waals surface area contributed by atoms with Crippen LogP contribution in [0.1, 0.15) is 5.71 Å². The van der Waals surface area contributed by atoms with Crippen molar-refractivity contribution in [2.75, 3.05) is 0 Å². The molecule has 0 aliphatic rings. The van der Waals surface area contributed by atoms with E-state index in [9.17, 15) is 0 Å². The second-order valence-electron chi connectivity index (χ2n) is 0.217. The van der Waals surface area contributed by atoms with Crippen molar-refractivity contribution in [3.8, 4) is 0 Å². The molecule has 1 N–H and O–H groups in total. The van der Waals surface area contributed by atoms with Gasteiger partial charge in [0.15, 0.2) is 0 Å². The Bertz CT molecular complexity index is 41.5. The van der Waals surface area contributed by atoms with Gasteiger partial charge in [-0.25, -0.2) is 4.21 Å². The number of hydrogen-bond donors (Lipinski definition) is 1. The first kappa shape index (κ1) is 15.6. The summed E-state index contributed by atoms with van der Waals surface area (Å²) in [5.74, 6) is 0. The maximum Gasteiger partial charge on any atom is 2.00 e. The van der Waals surface area contributed by atoms with E-state index in [1.165, 1.54) is 0 Å². The molecule has 0 aliphatic carbocycles. The Balaban J connectivity index is -0.00000000300. The van der Waals surface area contributed by atoms with Gasteiger partial charge in [-0.1, -0.05) is 0 Å². The van der Waals surface area contributed by atoms with E-state index in [0.29, 0.717) is 0 Å². The molecule has 0 aliphatic heterocycles. The summed E-state index contributed by atoms with van der Waals surface area (Å²) < 4.78 is 24.1. The van der Waals surface area contributed by atoms with Crippen LogP contribution in [0.2, 0.25) is 0 Å². The molecule has 0 aromatic carbocycles. The molecule has 34 valence electrons. The smallest absolute Gasteiger partial charge is 1.00 e. The maximum absolute atomic E-state index is 8.56. The van der Waals surface area contributed by atoms with Crippen molar-refractivity contribution >= 4 is 57.5 Å². The van der Waals surface area contributed by atoms with Crippen LogP contribution in [0, 0.1) is 0 Å². The quantitative estimate of drug-likeness (QED) is 0.342. The predicted molar refractivity (Wildman–Crippen MR) is 27.5 cm³/mol. The third kappa shape index (κ3) is 46.2. The Morgan fingerprint density at radius 3 is 1.67 bits per heavy atom. The molecule has 0 amide bonds. The monoisotopic (exact) mass is 133 g/mol. The van der Waals surface area contributed by atoms with E-state index in [0.717, 1.165) is 0 Å². The molecule has 0 saturated carbocycles. The van der Waals surface area contributed by atoms with Gasteiger partial charge in [-0.2, -0.15) is 0 Å². The van der Waals surface area contributed by atoms with Crippen LogP contribution in [0.4, 0.5) is 0 Å². The van der Waals surface area contributed by atoms with Crippen molar-refractivity contribution in [3.63, 3.8) is 0 Å². The van der Waals surface area contributed by atoms with Gasteiger partial charge in [-0.05, 0) is 0 Å². The summed E-state index contributed by atoms with van der Waals surface area (Å²) in [5, 5.41) is 0. The molecule has 0 rings (SSSR count). The first-order valence-corrected chi connectivity index (χ1v) is 1.55. The fourth-order valence-electron chi connectivity index (χ4n) is 0. The molecule has 0 aromatic heterocycles. The molecule has 0 bridgehead atoms. The topological polar surface area (TPSA) is 60.4 Å². The standard InChI is InChI=1S/2Mg.H2O3S.4H/c;;1-4(2)3;;;;/h;;(H2,1,2,3);;;;/q2*+2;;4*-1/p-1. The molecule has 1 atom stereocenters. The van der Waals surface area contributed by atoms with E-state index in [2.05, 4.69) is 0 Å². The zero-order valence-electron chi connectivity index (χ0n) is 7.09. The van der Waals surface area contributed by atoms with Gasteiger partial charge in [-0.3, -0.25) is 0 Å². The fraction of sp³-hybridized carbons (Fsp3) is 0. The van der Waals surface area contributed by atoms with Gasteiger partial charge >= 0.3 is 46.1 Å². The molecule has 1 unspecified atom stereocenters. The first-order chi connectivity index (χ1) is 1.73. The molecular weight excluding hydrogens is 129 g/mol. The summed E-state index contributed by atoms with van der Waals surface area (Å²) in [5.41, 5.74) is 0. The van der Waals surface area contributed by atoms with Crippen LogP contribution < -0.4 is 0 Å². The average Bonchev–Trinajstić information content (AvgIpc) is 0.811.